The van der Waals surface area contributed by atoms with Gasteiger partial charge >= 0.3 is 23.9 Å². The first-order valence-electron chi connectivity index (χ1n) is 17.1. The Labute approximate surface area is 289 Å². The van der Waals surface area contributed by atoms with Crippen molar-refractivity contribution >= 4 is 23.9 Å². The van der Waals surface area contributed by atoms with Crippen LogP contribution in [-0.4, -0.2) is 186 Å². The topological polar surface area (TPSA) is 224 Å². The summed E-state index contributed by atoms with van der Waals surface area (Å²) in [4.78, 5) is 55.1. The number of nitrogens with one attached hydrogen (secondary N) is 3. The van der Waals surface area contributed by atoms with Gasteiger partial charge in [0, 0.05) is 85.1 Å². The number of fused-ring (bicyclic) bond motifs is 15. The highest BCUT2D eigenvalue weighted by molar-refractivity contribution is 5.70. The molecule has 0 saturated carbocycles. The van der Waals surface area contributed by atoms with Gasteiger partial charge in [-0.3, -0.25) is 38.8 Å². The minimum atomic E-state index is -1.08. The Balaban J connectivity index is 2.09. The molecule has 16 heteroatoms. The van der Waals surface area contributed by atoms with Crippen molar-refractivity contribution in [1.29, 1.82) is 0 Å². The molecule has 49 heavy (non-hydrogen) atoms. The van der Waals surface area contributed by atoms with Crippen LogP contribution >= 0.6 is 0 Å². The quantitative estimate of drug-likeness (QED) is 0.121. The lowest BCUT2D eigenvalue weighted by Gasteiger charge is -2.45. The molecule has 3 saturated heterocycles. The molecule has 1 unspecified atom stereocenters. The summed E-state index contributed by atoms with van der Waals surface area (Å²) >= 11 is 0. The van der Waals surface area contributed by atoms with E-state index in [1.807, 2.05) is 0 Å². The molecular formula is C33H58N8O8. The third-order valence-corrected chi connectivity index (χ3v) is 9.41. The standard InChI is InChI=1S/C33H58N8O8/c1-31(2,3)26-6-4-25(5-7-26)14-37-33-20-36-9-8-35-19-32(34,21-38(15-27(42)43)10-12-40(23-33)17-29(46)47)22-39(16-28(44)45)11-13-41(24-33)18-30(48)49/h4-6,26,35-37H,7-24,34H2,1-3H3,(H,42,43)(H,44,45)(H,46,47)(H,48,49). The number of aliphatic carboxylic acids is 4. The SMILES string of the molecule is CC(C)(C)C1C=CC(CNC23CNCCNCC(N)(CN(CC(=O)O)CCN(CC(=O)O)C2)CN(CC(=O)O)CCN(CC(=O)O)C3)=CC1. The van der Waals surface area contributed by atoms with Crippen molar-refractivity contribution < 1.29 is 39.6 Å². The molecule has 0 aromatic heterocycles. The van der Waals surface area contributed by atoms with E-state index in [2.05, 4.69) is 54.9 Å². The number of nitrogens with two attached hydrogens (primary N) is 1. The second kappa shape index (κ2) is 18.3. The van der Waals surface area contributed by atoms with Gasteiger partial charge in [-0.05, 0) is 23.3 Å². The number of allylic oxidation sites excluding steroid dienone is 2. The van der Waals surface area contributed by atoms with Crippen LogP contribution < -0.4 is 21.7 Å². The number of hydrogen-bond acceptors (Lipinski definition) is 12. The van der Waals surface area contributed by atoms with Crippen LogP contribution in [0.25, 0.3) is 0 Å². The van der Waals surface area contributed by atoms with Gasteiger partial charge in [0.25, 0.3) is 0 Å². The van der Waals surface area contributed by atoms with E-state index in [1.165, 1.54) is 0 Å². The summed E-state index contributed by atoms with van der Waals surface area (Å²) < 4.78 is 0. The lowest BCUT2D eigenvalue weighted by atomic mass is 9.76. The molecule has 0 aromatic carbocycles. The van der Waals surface area contributed by atoms with Gasteiger partial charge in [0.2, 0.25) is 0 Å². The third-order valence-electron chi connectivity index (χ3n) is 9.41. The Hall–Kier alpha value is -2.96. The van der Waals surface area contributed by atoms with Crippen LogP contribution in [0.5, 0.6) is 0 Å². The summed E-state index contributed by atoms with van der Waals surface area (Å²) in [6.45, 7) is 8.92. The average Bonchev–Trinajstić information content (AvgIpc) is 2.97. The number of carbonyl (C=O) groups is 4. The van der Waals surface area contributed by atoms with Gasteiger partial charge in [0.15, 0.2) is 0 Å². The van der Waals surface area contributed by atoms with Gasteiger partial charge in [-0.1, -0.05) is 39.0 Å². The highest BCUT2D eigenvalue weighted by Crippen LogP contribution is 2.33. The molecule has 3 aliphatic heterocycles. The van der Waals surface area contributed by atoms with Crippen LogP contribution in [0.4, 0.5) is 0 Å². The summed E-state index contributed by atoms with van der Waals surface area (Å²) in [5, 5.41) is 50.0. The average molecular weight is 695 g/mol. The predicted molar refractivity (Wildman–Crippen MR) is 184 cm³/mol. The summed E-state index contributed by atoms with van der Waals surface area (Å²) in [6, 6.07) is 0. The van der Waals surface area contributed by atoms with Crippen molar-refractivity contribution in [3.05, 3.63) is 23.8 Å². The molecule has 2 bridgehead atoms. The van der Waals surface area contributed by atoms with Crippen LogP contribution in [0.1, 0.15) is 27.2 Å². The molecule has 278 valence electrons. The second-order valence-electron chi connectivity index (χ2n) is 15.1. The largest absolute Gasteiger partial charge is 0.480 e. The summed E-state index contributed by atoms with van der Waals surface area (Å²) in [5.74, 6) is -3.80. The zero-order valence-corrected chi connectivity index (χ0v) is 29.3. The van der Waals surface area contributed by atoms with Crippen LogP contribution in [-0.2, 0) is 19.2 Å². The van der Waals surface area contributed by atoms with E-state index in [0.29, 0.717) is 32.1 Å². The molecule has 4 aliphatic rings. The van der Waals surface area contributed by atoms with Crippen LogP contribution in [0.3, 0.4) is 0 Å². The Morgan fingerprint density at radius 2 is 1.20 bits per heavy atom. The Kier molecular flexibility index (Phi) is 15.1. The summed E-state index contributed by atoms with van der Waals surface area (Å²) in [5.41, 5.74) is 6.19. The number of carboxylic acids is 4. The van der Waals surface area contributed by atoms with E-state index >= 15 is 0 Å². The van der Waals surface area contributed by atoms with Gasteiger partial charge in [0.05, 0.1) is 37.3 Å². The van der Waals surface area contributed by atoms with Gasteiger partial charge in [-0.25, -0.2) is 0 Å². The van der Waals surface area contributed by atoms with Crippen molar-refractivity contribution in [3.8, 4) is 0 Å². The maximum atomic E-state index is 12.2. The van der Waals surface area contributed by atoms with Crippen LogP contribution in [0, 0.1) is 11.3 Å². The van der Waals surface area contributed by atoms with E-state index in [1.54, 1.807) is 19.6 Å². The zero-order valence-electron chi connectivity index (χ0n) is 29.3. The Morgan fingerprint density at radius 3 is 1.59 bits per heavy atom. The molecule has 16 nitrogen and oxygen atoms in total. The molecule has 3 fully saturated rings. The van der Waals surface area contributed by atoms with E-state index < -0.39 is 35.0 Å². The lowest BCUT2D eigenvalue weighted by Crippen LogP contribution is -2.68. The zero-order chi connectivity index (χ0) is 36.2. The van der Waals surface area contributed by atoms with E-state index in [4.69, 9.17) is 5.73 Å². The number of hydrogen-bond donors (Lipinski definition) is 8. The van der Waals surface area contributed by atoms with Crippen molar-refractivity contribution in [2.75, 3.05) is 111 Å². The highest BCUT2D eigenvalue weighted by atomic mass is 16.4. The van der Waals surface area contributed by atoms with Gasteiger partial charge in [-0.2, -0.15) is 0 Å². The molecule has 0 amide bonds. The third kappa shape index (κ3) is 14.4. The fourth-order valence-corrected chi connectivity index (χ4v) is 7.00. The number of nitrogens with zero attached hydrogens (tertiary/aromatic N) is 4. The first-order chi connectivity index (χ1) is 23.0. The lowest BCUT2D eigenvalue weighted by molar-refractivity contribution is -0.141. The molecule has 4 rings (SSSR count). The van der Waals surface area contributed by atoms with Gasteiger partial charge in [0.1, 0.15) is 0 Å². The fraction of sp³-hybridized carbons (Fsp3) is 0.758. The molecule has 0 aromatic rings. The van der Waals surface area contributed by atoms with E-state index in [0.717, 1.165) is 12.0 Å². The normalized spacial score (nSPS) is 28.0. The molecular weight excluding hydrogens is 636 g/mol. The van der Waals surface area contributed by atoms with Crippen molar-refractivity contribution in [3.63, 3.8) is 0 Å². The highest BCUT2D eigenvalue weighted by Gasteiger charge is 2.38. The predicted octanol–water partition coefficient (Wildman–Crippen LogP) is -1.69. The van der Waals surface area contributed by atoms with E-state index in [9.17, 15) is 39.6 Å². The smallest absolute Gasteiger partial charge is 0.317 e. The fourth-order valence-electron chi connectivity index (χ4n) is 7.00. The van der Waals surface area contributed by atoms with Crippen molar-refractivity contribution in [2.24, 2.45) is 17.1 Å². The maximum Gasteiger partial charge on any atom is 0.317 e. The Bertz CT molecular complexity index is 1150. The van der Waals surface area contributed by atoms with Gasteiger partial charge < -0.3 is 42.1 Å². The molecule has 3 heterocycles. The minimum absolute atomic E-state index is 0.106. The van der Waals surface area contributed by atoms with Crippen LogP contribution in [0.2, 0.25) is 0 Å². The Morgan fingerprint density at radius 1 is 0.776 bits per heavy atom. The van der Waals surface area contributed by atoms with Gasteiger partial charge in [-0.15, -0.1) is 0 Å². The second-order valence-corrected chi connectivity index (χ2v) is 15.1. The molecule has 1 atom stereocenters. The first-order valence-corrected chi connectivity index (χ1v) is 17.1. The summed E-state index contributed by atoms with van der Waals surface area (Å²) in [7, 11) is 0. The molecule has 0 radical (unpaired) electrons. The number of carboxylic acid groups (broad SMARTS) is 4. The minimum Gasteiger partial charge on any atom is -0.480 e. The van der Waals surface area contributed by atoms with E-state index in [-0.39, 0.29) is 90.5 Å². The maximum absolute atomic E-state index is 12.2. The monoisotopic (exact) mass is 694 g/mol. The van der Waals surface area contributed by atoms with Crippen molar-refractivity contribution in [1.82, 2.24) is 35.6 Å². The van der Waals surface area contributed by atoms with Crippen molar-refractivity contribution in [2.45, 2.75) is 38.3 Å². The molecule has 1 aliphatic carbocycles. The van der Waals surface area contributed by atoms with Crippen LogP contribution in [0.15, 0.2) is 23.8 Å². The summed E-state index contributed by atoms with van der Waals surface area (Å²) in [6.07, 6.45) is 7.42. The molecule has 0 spiro atoms. The molecule has 9 N–H and O–H groups in total. The first kappa shape index (κ1) is 40.5. The number of rotatable bonds is 11.